The molecule has 0 unspecified atom stereocenters. The Morgan fingerprint density at radius 3 is 2.59 bits per heavy atom. The first kappa shape index (κ1) is 18.7. The number of nitrogens with one attached hydrogen (secondary N) is 1. The molecular weight excluding hydrogens is 347 g/mol. The maximum Gasteiger partial charge on any atom is 0.275 e. The summed E-state index contributed by atoms with van der Waals surface area (Å²) >= 11 is 0. The molecule has 1 aromatic heterocycles. The number of carbonyl (C=O) groups is 1. The molecule has 27 heavy (non-hydrogen) atoms. The molecule has 0 aliphatic carbocycles. The number of amides is 1. The van der Waals surface area contributed by atoms with Crippen molar-refractivity contribution in [2.24, 2.45) is 0 Å². The van der Waals surface area contributed by atoms with Gasteiger partial charge in [0.25, 0.3) is 11.5 Å². The van der Waals surface area contributed by atoms with Gasteiger partial charge in [-0.15, -0.1) is 0 Å². The van der Waals surface area contributed by atoms with E-state index in [1.165, 1.54) is 23.9 Å². The molecule has 0 bridgehead atoms. The lowest BCUT2D eigenvalue weighted by molar-refractivity contribution is 0.0955. The molecule has 140 valence electrons. The summed E-state index contributed by atoms with van der Waals surface area (Å²) in [6.45, 7) is 3.24. The van der Waals surface area contributed by atoms with E-state index in [0.29, 0.717) is 23.9 Å². The number of aromatic nitrogens is 2. The van der Waals surface area contributed by atoms with E-state index >= 15 is 0 Å². The molecule has 0 atom stereocenters. The molecule has 3 rings (SSSR count). The highest BCUT2D eigenvalue weighted by Gasteiger charge is 2.17. The molecule has 1 amide bonds. The van der Waals surface area contributed by atoms with Crippen LogP contribution >= 0.6 is 0 Å². The zero-order chi connectivity index (χ0) is 19.4. The number of halogens is 1. The maximum absolute atomic E-state index is 13.4. The predicted octanol–water partition coefficient (Wildman–Crippen LogP) is 2.37. The third-order valence-corrected chi connectivity index (χ3v) is 4.39. The van der Waals surface area contributed by atoms with Crippen LogP contribution in [-0.4, -0.2) is 34.2 Å². The number of carbonyl (C=O) groups excluding carboxylic acids is 1. The van der Waals surface area contributed by atoms with Crippen LogP contribution < -0.4 is 10.9 Å². The molecule has 6 nitrogen and oxygen atoms in total. The van der Waals surface area contributed by atoms with Gasteiger partial charge in [-0.25, -0.2) is 9.07 Å². The number of benzene rings is 2. The largest absolute Gasteiger partial charge is 0.354 e. The van der Waals surface area contributed by atoms with Gasteiger partial charge in [0.2, 0.25) is 0 Å². The van der Waals surface area contributed by atoms with Gasteiger partial charge in [-0.2, -0.15) is 5.10 Å². The van der Waals surface area contributed by atoms with E-state index in [4.69, 9.17) is 0 Å². The van der Waals surface area contributed by atoms with Gasteiger partial charge in [-0.3, -0.25) is 14.5 Å². The standard InChI is InChI=1S/C20H21FN4O2/c1-3-24(12-14-7-6-8-15(21)11-14)13-25-20(27)17-10-5-4-9-16(17)18(23-25)19(26)22-2/h4-11H,3,12-13H2,1-2H3,(H,22,26). The second-order valence-corrected chi connectivity index (χ2v) is 6.19. The molecule has 0 spiro atoms. The Labute approximate surface area is 156 Å². The van der Waals surface area contributed by atoms with E-state index in [-0.39, 0.29) is 29.6 Å². The van der Waals surface area contributed by atoms with Crippen molar-refractivity contribution in [3.63, 3.8) is 0 Å². The molecule has 7 heteroatoms. The highest BCUT2D eigenvalue weighted by molar-refractivity contribution is 6.04. The Hall–Kier alpha value is -3.06. The molecule has 1 N–H and O–H groups in total. The monoisotopic (exact) mass is 368 g/mol. The van der Waals surface area contributed by atoms with Crippen LogP contribution in [0.4, 0.5) is 4.39 Å². The van der Waals surface area contributed by atoms with Crippen LogP contribution in [0.15, 0.2) is 53.3 Å². The second kappa shape index (κ2) is 8.09. The zero-order valence-electron chi connectivity index (χ0n) is 15.3. The molecule has 0 aliphatic heterocycles. The smallest absolute Gasteiger partial charge is 0.275 e. The second-order valence-electron chi connectivity index (χ2n) is 6.19. The van der Waals surface area contributed by atoms with Crippen LogP contribution in [0.1, 0.15) is 23.0 Å². The quantitative estimate of drug-likeness (QED) is 0.725. The lowest BCUT2D eigenvalue weighted by Gasteiger charge is -2.21. The first-order valence-corrected chi connectivity index (χ1v) is 8.72. The topological polar surface area (TPSA) is 67.2 Å². The van der Waals surface area contributed by atoms with E-state index in [1.807, 2.05) is 17.9 Å². The highest BCUT2D eigenvalue weighted by Crippen LogP contribution is 2.14. The van der Waals surface area contributed by atoms with Gasteiger partial charge in [0.1, 0.15) is 5.82 Å². The van der Waals surface area contributed by atoms with E-state index in [1.54, 1.807) is 30.3 Å². The summed E-state index contributed by atoms with van der Waals surface area (Å²) < 4.78 is 14.7. The first-order chi connectivity index (χ1) is 13.0. The summed E-state index contributed by atoms with van der Waals surface area (Å²) in [7, 11) is 1.52. The molecule has 3 aromatic rings. The Morgan fingerprint density at radius 2 is 1.93 bits per heavy atom. The summed E-state index contributed by atoms with van der Waals surface area (Å²) in [4.78, 5) is 27.0. The normalized spacial score (nSPS) is 11.1. The molecule has 2 aromatic carbocycles. The molecule has 0 radical (unpaired) electrons. The van der Waals surface area contributed by atoms with E-state index in [0.717, 1.165) is 5.56 Å². The third kappa shape index (κ3) is 4.03. The van der Waals surface area contributed by atoms with Crippen LogP contribution in [0.5, 0.6) is 0 Å². The Balaban J connectivity index is 1.99. The fourth-order valence-electron chi connectivity index (χ4n) is 2.96. The summed E-state index contributed by atoms with van der Waals surface area (Å²) in [5, 5.41) is 7.81. The van der Waals surface area contributed by atoms with Crippen molar-refractivity contribution in [3.05, 3.63) is 76.0 Å². The summed E-state index contributed by atoms with van der Waals surface area (Å²) in [6, 6.07) is 13.3. The zero-order valence-corrected chi connectivity index (χ0v) is 15.3. The minimum absolute atomic E-state index is 0.195. The van der Waals surface area contributed by atoms with Gasteiger partial charge in [0.15, 0.2) is 5.69 Å². The lowest BCUT2D eigenvalue weighted by atomic mass is 10.1. The van der Waals surface area contributed by atoms with Crippen LogP contribution in [0.3, 0.4) is 0 Å². The number of rotatable bonds is 6. The Bertz CT molecular complexity index is 1030. The Kier molecular flexibility index (Phi) is 5.61. The van der Waals surface area contributed by atoms with E-state index in [9.17, 15) is 14.0 Å². The number of hydrogen-bond donors (Lipinski definition) is 1. The minimum Gasteiger partial charge on any atom is -0.354 e. The summed E-state index contributed by atoms with van der Waals surface area (Å²) in [6.07, 6.45) is 0. The van der Waals surface area contributed by atoms with E-state index < -0.39 is 0 Å². The van der Waals surface area contributed by atoms with Crippen molar-refractivity contribution in [2.45, 2.75) is 20.1 Å². The van der Waals surface area contributed by atoms with Crippen molar-refractivity contribution in [1.29, 1.82) is 0 Å². The van der Waals surface area contributed by atoms with Crippen molar-refractivity contribution in [3.8, 4) is 0 Å². The predicted molar refractivity (Wildman–Crippen MR) is 102 cm³/mol. The van der Waals surface area contributed by atoms with Crippen molar-refractivity contribution < 1.29 is 9.18 Å². The first-order valence-electron chi connectivity index (χ1n) is 8.72. The minimum atomic E-state index is -0.354. The van der Waals surface area contributed by atoms with Gasteiger partial charge >= 0.3 is 0 Å². The number of fused-ring (bicyclic) bond motifs is 1. The maximum atomic E-state index is 13.4. The summed E-state index contributed by atoms with van der Waals surface area (Å²) in [5.74, 6) is -0.653. The van der Waals surface area contributed by atoms with E-state index in [2.05, 4.69) is 10.4 Å². The number of hydrogen-bond acceptors (Lipinski definition) is 4. The van der Waals surface area contributed by atoms with Crippen LogP contribution in [-0.2, 0) is 13.2 Å². The fraction of sp³-hybridized carbons (Fsp3) is 0.250. The van der Waals surface area contributed by atoms with Crippen molar-refractivity contribution in [1.82, 2.24) is 20.0 Å². The van der Waals surface area contributed by atoms with Gasteiger partial charge in [-0.05, 0) is 30.3 Å². The SMILES string of the molecule is CCN(Cc1cccc(F)c1)Cn1nc(C(=O)NC)c2ccccc2c1=O. The molecule has 0 aliphatic rings. The lowest BCUT2D eigenvalue weighted by Crippen LogP contribution is -2.35. The number of nitrogens with zero attached hydrogens (tertiary/aromatic N) is 3. The van der Waals surface area contributed by atoms with Crippen LogP contribution in [0, 0.1) is 5.82 Å². The molecule has 1 heterocycles. The average Bonchev–Trinajstić information content (AvgIpc) is 2.69. The van der Waals surface area contributed by atoms with Crippen LogP contribution in [0.25, 0.3) is 10.8 Å². The Morgan fingerprint density at radius 1 is 1.19 bits per heavy atom. The third-order valence-electron chi connectivity index (χ3n) is 4.39. The van der Waals surface area contributed by atoms with Crippen molar-refractivity contribution >= 4 is 16.7 Å². The molecule has 0 saturated carbocycles. The van der Waals surface area contributed by atoms with Gasteiger partial charge in [-0.1, -0.05) is 37.3 Å². The molecule has 0 fully saturated rings. The summed E-state index contributed by atoms with van der Waals surface area (Å²) in [5.41, 5.74) is 0.739. The molecular formula is C20H21FN4O2. The average molecular weight is 368 g/mol. The highest BCUT2D eigenvalue weighted by atomic mass is 19.1. The van der Waals surface area contributed by atoms with Crippen LogP contribution in [0.2, 0.25) is 0 Å². The van der Waals surface area contributed by atoms with Crippen molar-refractivity contribution in [2.75, 3.05) is 13.6 Å². The fourth-order valence-corrected chi connectivity index (χ4v) is 2.96. The molecule has 0 saturated heterocycles. The van der Waals surface area contributed by atoms with Gasteiger partial charge in [0, 0.05) is 19.0 Å². The van der Waals surface area contributed by atoms with Gasteiger partial charge in [0.05, 0.1) is 12.1 Å². The van der Waals surface area contributed by atoms with Gasteiger partial charge < -0.3 is 5.32 Å².